The van der Waals surface area contributed by atoms with Crippen molar-refractivity contribution in [3.05, 3.63) is 39.8 Å². The summed E-state index contributed by atoms with van der Waals surface area (Å²) in [5.74, 6) is -1.26. The minimum Gasteiger partial charge on any atom is -0.508 e. The van der Waals surface area contributed by atoms with Gasteiger partial charge in [-0.05, 0) is 23.8 Å². The number of hydrogen-bond donors (Lipinski definition) is 2. The van der Waals surface area contributed by atoms with E-state index in [1.54, 1.807) is 25.3 Å². The Morgan fingerprint density at radius 3 is 2.76 bits per heavy atom. The molecule has 0 radical (unpaired) electrons. The van der Waals surface area contributed by atoms with E-state index in [0.29, 0.717) is 5.75 Å². The lowest BCUT2D eigenvalue weighted by molar-refractivity contribution is -0.142. The minimum absolute atomic E-state index is 0.125. The fraction of sp³-hybridized carbons (Fsp3) is 0.286. The SMILES string of the molecule is COc1ccc(Br)c([C@H]2CC(O)=C(OC(C)=O)C(=O)N2)c1. The highest BCUT2D eigenvalue weighted by atomic mass is 79.9. The third-order valence-electron chi connectivity index (χ3n) is 3.00. The van der Waals surface area contributed by atoms with Crippen LogP contribution in [0.15, 0.2) is 34.2 Å². The van der Waals surface area contributed by atoms with Gasteiger partial charge in [0.2, 0.25) is 5.76 Å². The monoisotopic (exact) mass is 355 g/mol. The van der Waals surface area contributed by atoms with Crippen LogP contribution >= 0.6 is 15.9 Å². The van der Waals surface area contributed by atoms with Gasteiger partial charge in [0, 0.05) is 17.8 Å². The van der Waals surface area contributed by atoms with E-state index >= 15 is 0 Å². The topological polar surface area (TPSA) is 84.9 Å². The first kappa shape index (κ1) is 15.4. The van der Waals surface area contributed by atoms with E-state index in [9.17, 15) is 14.7 Å². The van der Waals surface area contributed by atoms with Gasteiger partial charge in [0.1, 0.15) is 11.5 Å². The zero-order valence-corrected chi connectivity index (χ0v) is 13.1. The van der Waals surface area contributed by atoms with Crippen LogP contribution in [0.5, 0.6) is 5.75 Å². The van der Waals surface area contributed by atoms with Crippen LogP contribution in [0.4, 0.5) is 0 Å². The molecule has 112 valence electrons. The number of rotatable bonds is 3. The van der Waals surface area contributed by atoms with Crippen molar-refractivity contribution < 1.29 is 24.2 Å². The Bertz CT molecular complexity index is 626. The third-order valence-corrected chi connectivity index (χ3v) is 3.72. The molecule has 21 heavy (non-hydrogen) atoms. The van der Waals surface area contributed by atoms with Crippen molar-refractivity contribution in [1.29, 1.82) is 0 Å². The maximum absolute atomic E-state index is 11.9. The molecular weight excluding hydrogens is 342 g/mol. The molecule has 0 saturated heterocycles. The number of aliphatic hydroxyl groups is 1. The van der Waals surface area contributed by atoms with Gasteiger partial charge in [-0.1, -0.05) is 15.9 Å². The molecule has 1 amide bonds. The van der Waals surface area contributed by atoms with E-state index in [2.05, 4.69) is 21.2 Å². The first-order valence-corrected chi connectivity index (χ1v) is 6.96. The van der Waals surface area contributed by atoms with Gasteiger partial charge < -0.3 is 19.9 Å². The highest BCUT2D eigenvalue weighted by Crippen LogP contribution is 2.33. The number of carbonyl (C=O) groups excluding carboxylic acids is 2. The second-order valence-corrected chi connectivity index (χ2v) is 5.34. The van der Waals surface area contributed by atoms with Gasteiger partial charge in [-0.25, -0.2) is 0 Å². The van der Waals surface area contributed by atoms with Crippen LogP contribution in [0.1, 0.15) is 24.9 Å². The number of nitrogens with one attached hydrogen (secondary N) is 1. The van der Waals surface area contributed by atoms with Crippen LogP contribution < -0.4 is 10.1 Å². The van der Waals surface area contributed by atoms with E-state index in [-0.39, 0.29) is 17.9 Å². The van der Waals surface area contributed by atoms with Gasteiger partial charge in [-0.3, -0.25) is 9.59 Å². The average molecular weight is 356 g/mol. The highest BCUT2D eigenvalue weighted by Gasteiger charge is 2.31. The van der Waals surface area contributed by atoms with Crippen molar-refractivity contribution >= 4 is 27.8 Å². The first-order valence-electron chi connectivity index (χ1n) is 6.17. The van der Waals surface area contributed by atoms with Crippen LogP contribution in [0.25, 0.3) is 0 Å². The second kappa shape index (κ2) is 6.17. The summed E-state index contributed by atoms with van der Waals surface area (Å²) in [5.41, 5.74) is 0.760. The fourth-order valence-corrected chi connectivity index (χ4v) is 2.57. The Balaban J connectivity index is 2.31. The molecule has 1 aromatic rings. The summed E-state index contributed by atoms with van der Waals surface area (Å²) >= 11 is 3.40. The highest BCUT2D eigenvalue weighted by molar-refractivity contribution is 9.10. The zero-order valence-electron chi connectivity index (χ0n) is 11.5. The van der Waals surface area contributed by atoms with Gasteiger partial charge >= 0.3 is 5.97 Å². The van der Waals surface area contributed by atoms with E-state index < -0.39 is 17.9 Å². The first-order chi connectivity index (χ1) is 9.92. The van der Waals surface area contributed by atoms with Crippen LogP contribution in [0, 0.1) is 0 Å². The molecule has 0 aliphatic carbocycles. The number of carbonyl (C=O) groups is 2. The molecule has 6 nitrogen and oxygen atoms in total. The Labute approximate surface area is 129 Å². The van der Waals surface area contributed by atoms with Crippen LogP contribution in [-0.4, -0.2) is 24.1 Å². The van der Waals surface area contributed by atoms with Gasteiger partial charge in [0.25, 0.3) is 5.91 Å². The molecule has 0 saturated carbocycles. The van der Waals surface area contributed by atoms with E-state index in [4.69, 9.17) is 9.47 Å². The summed E-state index contributed by atoms with van der Waals surface area (Å²) in [6.45, 7) is 1.16. The van der Waals surface area contributed by atoms with E-state index in [1.165, 1.54) is 0 Å². The predicted molar refractivity (Wildman–Crippen MR) is 77.6 cm³/mol. The largest absolute Gasteiger partial charge is 0.508 e. The molecule has 0 aromatic heterocycles. The van der Waals surface area contributed by atoms with E-state index in [1.807, 2.05) is 0 Å². The van der Waals surface area contributed by atoms with Gasteiger partial charge in [-0.2, -0.15) is 0 Å². The van der Waals surface area contributed by atoms with Crippen molar-refractivity contribution in [3.8, 4) is 5.75 Å². The van der Waals surface area contributed by atoms with Gasteiger partial charge in [0.15, 0.2) is 0 Å². The molecule has 2 rings (SSSR count). The van der Waals surface area contributed by atoms with Gasteiger partial charge in [0.05, 0.1) is 13.2 Å². The van der Waals surface area contributed by atoms with E-state index in [0.717, 1.165) is 17.0 Å². The number of halogens is 1. The van der Waals surface area contributed by atoms with Crippen molar-refractivity contribution in [3.63, 3.8) is 0 Å². The van der Waals surface area contributed by atoms with Crippen LogP contribution in [0.2, 0.25) is 0 Å². The summed E-state index contributed by atoms with van der Waals surface area (Å²) in [6.07, 6.45) is 0.125. The maximum Gasteiger partial charge on any atom is 0.308 e. The quantitative estimate of drug-likeness (QED) is 0.813. The van der Waals surface area contributed by atoms with Crippen molar-refractivity contribution in [2.45, 2.75) is 19.4 Å². The minimum atomic E-state index is -0.660. The van der Waals surface area contributed by atoms with Crippen LogP contribution in [0.3, 0.4) is 0 Å². The Morgan fingerprint density at radius 2 is 2.19 bits per heavy atom. The van der Waals surface area contributed by atoms with Crippen LogP contribution in [-0.2, 0) is 14.3 Å². The number of esters is 1. The molecule has 0 fully saturated rings. The standard InChI is InChI=1S/C14H14BrNO5/c1-7(17)21-13-12(18)6-11(16-14(13)19)9-5-8(20-2)3-4-10(9)15/h3-5,11,18H,6H2,1-2H3,(H,16,19)/t11-/m1/s1. The molecule has 1 atom stereocenters. The predicted octanol–water partition coefficient (Wildman–Crippen LogP) is 2.35. The summed E-state index contributed by atoms with van der Waals surface area (Å²) in [7, 11) is 1.54. The van der Waals surface area contributed by atoms with Gasteiger partial charge in [-0.15, -0.1) is 0 Å². The number of methoxy groups -OCH3 is 1. The summed E-state index contributed by atoms with van der Waals surface area (Å²) < 4.78 is 10.6. The molecule has 1 heterocycles. The summed E-state index contributed by atoms with van der Waals surface area (Å²) in [6, 6.07) is 4.89. The fourth-order valence-electron chi connectivity index (χ4n) is 2.04. The Kier molecular flexibility index (Phi) is 4.52. The number of aliphatic hydroxyl groups excluding tert-OH is 1. The second-order valence-electron chi connectivity index (χ2n) is 4.49. The number of benzene rings is 1. The number of hydrogen-bond acceptors (Lipinski definition) is 5. The zero-order chi connectivity index (χ0) is 15.6. The van der Waals surface area contributed by atoms with Crippen molar-refractivity contribution in [1.82, 2.24) is 5.32 Å². The molecule has 0 bridgehead atoms. The summed E-state index contributed by atoms with van der Waals surface area (Å²) in [4.78, 5) is 22.9. The summed E-state index contributed by atoms with van der Waals surface area (Å²) in [5, 5.41) is 12.6. The third kappa shape index (κ3) is 3.36. The smallest absolute Gasteiger partial charge is 0.308 e. The molecular formula is C14H14BrNO5. The van der Waals surface area contributed by atoms with Crippen molar-refractivity contribution in [2.24, 2.45) is 0 Å². The maximum atomic E-state index is 11.9. The Hall–Kier alpha value is -2.02. The molecule has 1 aliphatic rings. The lowest BCUT2D eigenvalue weighted by Crippen LogP contribution is -2.36. The lowest BCUT2D eigenvalue weighted by atomic mass is 9.99. The lowest BCUT2D eigenvalue weighted by Gasteiger charge is -2.25. The average Bonchev–Trinajstić information content (AvgIpc) is 2.43. The Morgan fingerprint density at radius 1 is 1.48 bits per heavy atom. The molecule has 0 unspecified atom stereocenters. The normalized spacial score (nSPS) is 18.2. The number of ether oxygens (including phenoxy) is 2. The van der Waals surface area contributed by atoms with Crippen molar-refractivity contribution in [2.75, 3.05) is 7.11 Å². The molecule has 0 spiro atoms. The molecule has 1 aliphatic heterocycles. The molecule has 1 aromatic carbocycles. The number of amides is 1. The molecule has 7 heteroatoms. The molecule has 2 N–H and O–H groups in total.